The van der Waals surface area contributed by atoms with E-state index < -0.39 is 0 Å². The van der Waals surface area contributed by atoms with Crippen molar-refractivity contribution in [1.29, 1.82) is 0 Å². The summed E-state index contributed by atoms with van der Waals surface area (Å²) in [6.45, 7) is 4.05. The molecule has 0 aliphatic carbocycles. The molecule has 1 saturated heterocycles. The van der Waals surface area contributed by atoms with E-state index in [2.05, 4.69) is 30.9 Å². The highest BCUT2D eigenvalue weighted by Crippen LogP contribution is 2.27. The average Bonchev–Trinajstić information content (AvgIpc) is 2.71. The summed E-state index contributed by atoms with van der Waals surface area (Å²) in [5, 5.41) is 0. The Morgan fingerprint density at radius 2 is 2.22 bits per heavy atom. The molecule has 0 aromatic carbocycles. The Hall–Kier alpha value is -1.20. The zero-order chi connectivity index (χ0) is 13.3. The van der Waals surface area contributed by atoms with Crippen LogP contribution in [0.2, 0.25) is 0 Å². The van der Waals surface area contributed by atoms with Crippen molar-refractivity contribution in [3.63, 3.8) is 0 Å². The normalized spacial score (nSPS) is 24.0. The number of hydrogen-bond acceptors (Lipinski definition) is 4. The number of nitrogens with two attached hydrogens (primary N) is 1. The molecule has 1 aliphatic rings. The summed E-state index contributed by atoms with van der Waals surface area (Å²) in [6, 6.07) is 2.08. The van der Waals surface area contributed by atoms with Gasteiger partial charge in [-0.25, -0.2) is 9.37 Å². The number of rotatable bonds is 3. The van der Waals surface area contributed by atoms with Gasteiger partial charge in [-0.05, 0) is 26.1 Å². The van der Waals surface area contributed by atoms with Crippen LogP contribution in [0.25, 0.3) is 0 Å². The highest BCUT2D eigenvalue weighted by Gasteiger charge is 2.33. The second-order valence-electron chi connectivity index (χ2n) is 5.23. The van der Waals surface area contributed by atoms with Gasteiger partial charge in [0.25, 0.3) is 0 Å². The maximum atomic E-state index is 14.2. The summed E-state index contributed by atoms with van der Waals surface area (Å²) < 4.78 is 14.2. The molecule has 0 amide bonds. The van der Waals surface area contributed by atoms with Crippen LogP contribution in [-0.2, 0) is 6.54 Å². The molecule has 5 heteroatoms. The molecule has 2 N–H and O–H groups in total. The van der Waals surface area contributed by atoms with Gasteiger partial charge in [0.2, 0.25) is 0 Å². The molecule has 4 nitrogen and oxygen atoms in total. The smallest absolute Gasteiger partial charge is 0.170 e. The van der Waals surface area contributed by atoms with Crippen molar-refractivity contribution in [3.05, 3.63) is 23.6 Å². The van der Waals surface area contributed by atoms with Gasteiger partial charge in [-0.1, -0.05) is 6.92 Å². The molecule has 1 fully saturated rings. The highest BCUT2D eigenvalue weighted by atomic mass is 19.1. The molecular formula is C13H21FN4. The van der Waals surface area contributed by atoms with E-state index >= 15 is 0 Å². The Kier molecular flexibility index (Phi) is 3.82. The minimum absolute atomic E-state index is 0.210. The number of halogens is 1. The minimum Gasteiger partial charge on any atom is -0.352 e. The first kappa shape index (κ1) is 13.2. The van der Waals surface area contributed by atoms with E-state index in [1.807, 2.05) is 4.90 Å². The largest absolute Gasteiger partial charge is 0.352 e. The monoisotopic (exact) mass is 252 g/mol. The second kappa shape index (κ2) is 5.20. The van der Waals surface area contributed by atoms with Crippen LogP contribution < -0.4 is 10.6 Å². The first-order chi connectivity index (χ1) is 8.54. The van der Waals surface area contributed by atoms with Gasteiger partial charge in [0, 0.05) is 37.4 Å². The van der Waals surface area contributed by atoms with Crippen LogP contribution in [-0.4, -0.2) is 43.1 Å². The number of aromatic nitrogens is 1. The standard InChI is InChI=1S/C13H21FN4/c1-9-7-18(8-11(9)17(2)3)13-12(14)10(6-15)4-5-16-13/h4-5,9,11H,6-8,15H2,1-3H3. The van der Waals surface area contributed by atoms with Crippen molar-refractivity contribution in [2.75, 3.05) is 32.1 Å². The van der Waals surface area contributed by atoms with E-state index in [4.69, 9.17) is 5.73 Å². The Morgan fingerprint density at radius 1 is 1.50 bits per heavy atom. The molecule has 0 saturated carbocycles. The lowest BCUT2D eigenvalue weighted by Gasteiger charge is -2.23. The predicted octanol–water partition coefficient (Wildman–Crippen LogP) is 1.07. The van der Waals surface area contributed by atoms with E-state index in [1.165, 1.54) is 0 Å². The van der Waals surface area contributed by atoms with Gasteiger partial charge in [-0.3, -0.25) is 0 Å². The number of likely N-dealkylation sites (N-methyl/N-ethyl adjacent to an activating group) is 1. The lowest BCUT2D eigenvalue weighted by atomic mass is 10.1. The summed E-state index contributed by atoms with van der Waals surface area (Å²) in [5.74, 6) is 0.670. The van der Waals surface area contributed by atoms with Crippen LogP contribution in [0.5, 0.6) is 0 Å². The fraction of sp³-hybridized carbons (Fsp3) is 0.615. The summed E-state index contributed by atoms with van der Waals surface area (Å²) in [4.78, 5) is 8.38. The third-order valence-corrected chi connectivity index (χ3v) is 3.71. The summed E-state index contributed by atoms with van der Waals surface area (Å²) >= 11 is 0. The fourth-order valence-corrected chi connectivity index (χ4v) is 2.64. The third kappa shape index (κ3) is 2.33. The van der Waals surface area contributed by atoms with Gasteiger partial charge in [0.1, 0.15) is 0 Å². The average molecular weight is 252 g/mol. The van der Waals surface area contributed by atoms with Crippen molar-refractivity contribution < 1.29 is 4.39 Å². The van der Waals surface area contributed by atoms with E-state index in [-0.39, 0.29) is 12.4 Å². The van der Waals surface area contributed by atoms with Gasteiger partial charge in [-0.15, -0.1) is 0 Å². The van der Waals surface area contributed by atoms with Gasteiger partial charge < -0.3 is 15.5 Å². The maximum absolute atomic E-state index is 14.2. The molecule has 100 valence electrons. The van der Waals surface area contributed by atoms with Gasteiger partial charge in [0.15, 0.2) is 11.6 Å². The van der Waals surface area contributed by atoms with Gasteiger partial charge in [0.05, 0.1) is 0 Å². The predicted molar refractivity (Wildman–Crippen MR) is 70.9 cm³/mol. The van der Waals surface area contributed by atoms with Crippen LogP contribution in [0, 0.1) is 11.7 Å². The van der Waals surface area contributed by atoms with Crippen LogP contribution in [0.1, 0.15) is 12.5 Å². The Labute approximate surface area is 108 Å². The Bertz CT molecular complexity index is 421. The first-order valence-corrected chi connectivity index (χ1v) is 6.29. The van der Waals surface area contributed by atoms with E-state index in [0.717, 1.165) is 13.1 Å². The van der Waals surface area contributed by atoms with Crippen LogP contribution in [0.15, 0.2) is 12.3 Å². The van der Waals surface area contributed by atoms with Crippen molar-refractivity contribution in [2.45, 2.75) is 19.5 Å². The van der Waals surface area contributed by atoms with Gasteiger partial charge >= 0.3 is 0 Å². The number of hydrogen-bond donors (Lipinski definition) is 1. The second-order valence-corrected chi connectivity index (χ2v) is 5.23. The molecule has 1 aromatic rings. The molecule has 0 spiro atoms. The number of anilines is 1. The number of nitrogens with zero attached hydrogens (tertiary/aromatic N) is 3. The van der Waals surface area contributed by atoms with Crippen molar-refractivity contribution in [2.24, 2.45) is 11.7 Å². The molecule has 0 bridgehead atoms. The lowest BCUT2D eigenvalue weighted by Crippen LogP contribution is -2.34. The summed E-state index contributed by atoms with van der Waals surface area (Å²) in [6.07, 6.45) is 1.63. The molecule has 2 atom stereocenters. The maximum Gasteiger partial charge on any atom is 0.170 e. The molecule has 0 radical (unpaired) electrons. The molecule has 1 aliphatic heterocycles. The van der Waals surface area contributed by atoms with Crippen LogP contribution >= 0.6 is 0 Å². The van der Waals surface area contributed by atoms with Crippen LogP contribution in [0.3, 0.4) is 0 Å². The van der Waals surface area contributed by atoms with E-state index in [0.29, 0.717) is 23.3 Å². The Balaban J connectivity index is 2.24. The van der Waals surface area contributed by atoms with E-state index in [1.54, 1.807) is 12.3 Å². The van der Waals surface area contributed by atoms with Crippen molar-refractivity contribution in [3.8, 4) is 0 Å². The molecule has 18 heavy (non-hydrogen) atoms. The van der Waals surface area contributed by atoms with Crippen molar-refractivity contribution in [1.82, 2.24) is 9.88 Å². The summed E-state index contributed by atoms with van der Waals surface area (Å²) in [5.41, 5.74) is 6.06. The SMILES string of the molecule is CC1CN(c2nccc(CN)c2F)CC1N(C)C. The van der Waals surface area contributed by atoms with Gasteiger partial charge in [-0.2, -0.15) is 0 Å². The molecule has 2 heterocycles. The van der Waals surface area contributed by atoms with Crippen LogP contribution in [0.4, 0.5) is 10.2 Å². The molecular weight excluding hydrogens is 231 g/mol. The molecule has 1 aromatic heterocycles. The van der Waals surface area contributed by atoms with E-state index in [9.17, 15) is 4.39 Å². The third-order valence-electron chi connectivity index (χ3n) is 3.71. The fourth-order valence-electron chi connectivity index (χ4n) is 2.64. The molecule has 2 rings (SSSR count). The topological polar surface area (TPSA) is 45.4 Å². The zero-order valence-corrected chi connectivity index (χ0v) is 11.2. The summed E-state index contributed by atoms with van der Waals surface area (Å²) in [7, 11) is 4.12. The zero-order valence-electron chi connectivity index (χ0n) is 11.2. The first-order valence-electron chi connectivity index (χ1n) is 6.29. The van der Waals surface area contributed by atoms with Crippen molar-refractivity contribution >= 4 is 5.82 Å². The minimum atomic E-state index is -0.272. The molecule has 2 unspecified atom stereocenters. The quantitative estimate of drug-likeness (QED) is 0.874. The lowest BCUT2D eigenvalue weighted by molar-refractivity contribution is 0.266. The number of pyridine rings is 1. The Morgan fingerprint density at radius 3 is 2.78 bits per heavy atom. The highest BCUT2D eigenvalue weighted by molar-refractivity contribution is 5.44.